The summed E-state index contributed by atoms with van der Waals surface area (Å²) in [7, 11) is 0. The molecule has 0 radical (unpaired) electrons. The maximum Gasteiger partial charge on any atom is 0.508 e. The highest BCUT2D eigenvalue weighted by Gasteiger charge is 2.03. The van der Waals surface area contributed by atoms with Crippen LogP contribution in [0.15, 0.2) is 36.5 Å². The Morgan fingerprint density at radius 3 is 1.26 bits per heavy atom. The topological polar surface area (TPSA) is 35.5 Å². The summed E-state index contributed by atoms with van der Waals surface area (Å²) in [5.41, 5.74) is 0. The largest absolute Gasteiger partial charge is 0.508 e. The Hall–Kier alpha value is -1.51. The van der Waals surface area contributed by atoms with Gasteiger partial charge in [-0.2, -0.15) is 0 Å². The van der Waals surface area contributed by atoms with E-state index in [1.165, 1.54) is 122 Å². The molecule has 42 heavy (non-hydrogen) atoms. The Morgan fingerprint density at radius 1 is 0.476 bits per heavy atom. The lowest BCUT2D eigenvalue weighted by molar-refractivity contribution is 0.0529. The fourth-order valence-electron chi connectivity index (χ4n) is 5.20. The molecule has 0 aromatic rings. The van der Waals surface area contributed by atoms with E-state index in [0.717, 1.165) is 50.9 Å². The predicted octanol–water partition coefficient (Wildman–Crippen LogP) is 13.6. The third-order valence-corrected chi connectivity index (χ3v) is 7.91. The molecule has 3 nitrogen and oxygen atoms in total. The molecule has 0 heterocycles. The van der Waals surface area contributed by atoms with E-state index in [4.69, 9.17) is 9.47 Å². The summed E-state index contributed by atoms with van der Waals surface area (Å²) in [6.07, 6.45) is 46.1. The summed E-state index contributed by atoms with van der Waals surface area (Å²) in [5, 5.41) is 0. The molecule has 0 N–H and O–H groups in total. The molecule has 0 bridgehead atoms. The first-order valence-corrected chi connectivity index (χ1v) is 18.4. The van der Waals surface area contributed by atoms with Crippen LogP contribution >= 0.6 is 0 Å². The molecule has 0 atom stereocenters. The van der Waals surface area contributed by atoms with Crippen LogP contribution in [0.1, 0.15) is 188 Å². The molecule has 0 rings (SSSR count). The first kappa shape index (κ1) is 40.5. The van der Waals surface area contributed by atoms with Crippen molar-refractivity contribution in [1.82, 2.24) is 0 Å². The number of carbonyl (C=O) groups excluding carboxylic acids is 1. The lowest BCUT2D eigenvalue weighted by atomic mass is 10.0. The van der Waals surface area contributed by atoms with Gasteiger partial charge in [-0.05, 0) is 50.9 Å². The molecule has 0 spiro atoms. The maximum atomic E-state index is 11.7. The standard InChI is InChI=1S/C39H72O3/c1-4-5-6-7-8-9-10-11-12-15-18-21-24-27-30-33-36-41-39(40)42-37-34-31-28-25-22-19-16-13-14-17-20-23-26-29-32-35-38(2)3/h5-6,8-9,11-12,38H,4,7,10,13-37H2,1-3H3. The molecule has 0 amide bonds. The van der Waals surface area contributed by atoms with Crippen molar-refractivity contribution in [1.29, 1.82) is 0 Å². The quantitative estimate of drug-likeness (QED) is 0.0445. The summed E-state index contributed by atoms with van der Waals surface area (Å²) in [6.45, 7) is 7.81. The van der Waals surface area contributed by atoms with Crippen molar-refractivity contribution in [3.05, 3.63) is 36.5 Å². The van der Waals surface area contributed by atoms with Gasteiger partial charge < -0.3 is 9.47 Å². The smallest absolute Gasteiger partial charge is 0.434 e. The SMILES string of the molecule is CCC=CCC=CCC=CCCCCCCCCOC(=O)OCCCCCCCCCCCCCCCCCC(C)C. The van der Waals surface area contributed by atoms with Crippen molar-refractivity contribution in [3.63, 3.8) is 0 Å². The van der Waals surface area contributed by atoms with Gasteiger partial charge in [0.15, 0.2) is 0 Å². The number of carbonyl (C=O) groups is 1. The Balaban J connectivity index is 3.22. The van der Waals surface area contributed by atoms with Gasteiger partial charge in [0.1, 0.15) is 0 Å². The van der Waals surface area contributed by atoms with E-state index in [1.54, 1.807) is 0 Å². The number of hydrogen-bond acceptors (Lipinski definition) is 3. The highest BCUT2D eigenvalue weighted by molar-refractivity contribution is 5.59. The molecule has 0 saturated carbocycles. The zero-order valence-electron chi connectivity index (χ0n) is 28.6. The van der Waals surface area contributed by atoms with Gasteiger partial charge in [0.05, 0.1) is 13.2 Å². The molecule has 0 unspecified atom stereocenters. The first-order valence-electron chi connectivity index (χ1n) is 18.4. The number of rotatable bonds is 32. The second kappa shape index (κ2) is 35.7. The number of hydrogen-bond donors (Lipinski definition) is 0. The van der Waals surface area contributed by atoms with E-state index in [1.807, 2.05) is 0 Å². The average molecular weight is 589 g/mol. The van der Waals surface area contributed by atoms with Crippen molar-refractivity contribution >= 4 is 6.16 Å². The Labute approximate surface area is 263 Å². The number of allylic oxidation sites excluding steroid dienone is 6. The van der Waals surface area contributed by atoms with Gasteiger partial charge in [-0.3, -0.25) is 0 Å². The van der Waals surface area contributed by atoms with E-state index < -0.39 is 6.16 Å². The summed E-state index contributed by atoms with van der Waals surface area (Å²) in [4.78, 5) is 11.7. The minimum atomic E-state index is -0.486. The van der Waals surface area contributed by atoms with E-state index in [9.17, 15) is 4.79 Å². The van der Waals surface area contributed by atoms with Gasteiger partial charge in [0.2, 0.25) is 0 Å². The van der Waals surface area contributed by atoms with Crippen LogP contribution in [-0.4, -0.2) is 19.4 Å². The third kappa shape index (κ3) is 36.5. The third-order valence-electron chi connectivity index (χ3n) is 7.91. The fourth-order valence-corrected chi connectivity index (χ4v) is 5.20. The molecule has 3 heteroatoms. The van der Waals surface area contributed by atoms with E-state index in [0.29, 0.717) is 13.2 Å². The molecular weight excluding hydrogens is 516 g/mol. The molecule has 0 aliphatic carbocycles. The van der Waals surface area contributed by atoms with E-state index >= 15 is 0 Å². The van der Waals surface area contributed by atoms with Gasteiger partial charge in [0.25, 0.3) is 0 Å². The van der Waals surface area contributed by atoms with Crippen molar-refractivity contribution in [2.45, 2.75) is 188 Å². The van der Waals surface area contributed by atoms with Crippen LogP contribution in [0.3, 0.4) is 0 Å². The Morgan fingerprint density at radius 2 is 0.833 bits per heavy atom. The molecule has 0 saturated heterocycles. The lowest BCUT2D eigenvalue weighted by Crippen LogP contribution is -2.09. The van der Waals surface area contributed by atoms with Gasteiger partial charge in [-0.15, -0.1) is 0 Å². The molecule has 246 valence electrons. The summed E-state index contributed by atoms with van der Waals surface area (Å²) < 4.78 is 10.4. The van der Waals surface area contributed by atoms with Crippen LogP contribution in [0.5, 0.6) is 0 Å². The van der Waals surface area contributed by atoms with Crippen molar-refractivity contribution in [3.8, 4) is 0 Å². The molecule has 0 aromatic carbocycles. The zero-order valence-corrected chi connectivity index (χ0v) is 28.6. The van der Waals surface area contributed by atoms with Crippen molar-refractivity contribution < 1.29 is 14.3 Å². The Bertz CT molecular complexity index is 619. The van der Waals surface area contributed by atoms with Crippen LogP contribution in [-0.2, 0) is 9.47 Å². The summed E-state index contributed by atoms with van der Waals surface area (Å²) >= 11 is 0. The minimum Gasteiger partial charge on any atom is -0.434 e. The highest BCUT2D eigenvalue weighted by atomic mass is 16.7. The Kier molecular flexibility index (Phi) is 34.4. The average Bonchev–Trinajstić information content (AvgIpc) is 2.98. The number of unbranched alkanes of at least 4 members (excludes halogenated alkanes) is 20. The molecule has 0 fully saturated rings. The van der Waals surface area contributed by atoms with E-state index in [-0.39, 0.29) is 0 Å². The fraction of sp³-hybridized carbons (Fsp3) is 0.821. The van der Waals surface area contributed by atoms with Gasteiger partial charge in [-0.1, -0.05) is 179 Å². The van der Waals surface area contributed by atoms with Crippen LogP contribution in [0, 0.1) is 5.92 Å². The van der Waals surface area contributed by atoms with Crippen molar-refractivity contribution in [2.24, 2.45) is 5.92 Å². The summed E-state index contributed by atoms with van der Waals surface area (Å²) in [6, 6.07) is 0. The van der Waals surface area contributed by atoms with Crippen molar-refractivity contribution in [2.75, 3.05) is 13.2 Å². The minimum absolute atomic E-state index is 0.486. The monoisotopic (exact) mass is 589 g/mol. The van der Waals surface area contributed by atoms with Crippen LogP contribution < -0.4 is 0 Å². The summed E-state index contributed by atoms with van der Waals surface area (Å²) in [5.74, 6) is 0.870. The van der Waals surface area contributed by atoms with E-state index in [2.05, 4.69) is 57.2 Å². The molecule has 0 aliphatic heterocycles. The first-order chi connectivity index (χ1) is 20.7. The van der Waals surface area contributed by atoms with Crippen LogP contribution in [0.2, 0.25) is 0 Å². The second-order valence-corrected chi connectivity index (χ2v) is 12.6. The molecule has 0 aliphatic rings. The van der Waals surface area contributed by atoms with Crippen LogP contribution in [0.4, 0.5) is 4.79 Å². The molecular formula is C39H72O3. The normalized spacial score (nSPS) is 12.0. The van der Waals surface area contributed by atoms with Gasteiger partial charge in [-0.25, -0.2) is 4.79 Å². The predicted molar refractivity (Wildman–Crippen MR) is 185 cm³/mol. The molecule has 0 aromatic heterocycles. The highest BCUT2D eigenvalue weighted by Crippen LogP contribution is 2.15. The van der Waals surface area contributed by atoms with Gasteiger partial charge >= 0.3 is 6.16 Å². The number of ether oxygens (including phenoxy) is 2. The lowest BCUT2D eigenvalue weighted by Gasteiger charge is -2.07. The maximum absolute atomic E-state index is 11.7. The van der Waals surface area contributed by atoms with Crippen LogP contribution in [0.25, 0.3) is 0 Å². The van der Waals surface area contributed by atoms with Gasteiger partial charge in [0, 0.05) is 0 Å². The zero-order chi connectivity index (χ0) is 30.6. The second-order valence-electron chi connectivity index (χ2n) is 12.6.